The van der Waals surface area contributed by atoms with Crippen molar-refractivity contribution in [2.24, 2.45) is 0 Å². The summed E-state index contributed by atoms with van der Waals surface area (Å²) in [6.07, 6.45) is 3.74. The SMILES string of the molecule is Cc1c[nH]c(=O)n1-c1ccccc1NC(=O)NCc1ccc(N2CC(C)OC(C)C2)nc1. The summed E-state index contributed by atoms with van der Waals surface area (Å²) >= 11 is 0. The van der Waals surface area contributed by atoms with Crippen LogP contribution in [-0.2, 0) is 11.3 Å². The Labute approximate surface area is 186 Å². The number of imidazole rings is 1. The summed E-state index contributed by atoms with van der Waals surface area (Å²) in [6.45, 7) is 7.89. The standard InChI is InChI=1S/C23H28N6O3/c1-15-10-26-23(31)29(15)20-7-5-4-6-19(20)27-22(30)25-12-18-8-9-21(24-11-18)28-13-16(2)32-17(3)14-28/h4-11,16-17H,12-14H2,1-3H3,(H,26,31)(H2,25,27,30). The molecule has 0 aliphatic carbocycles. The van der Waals surface area contributed by atoms with E-state index in [1.807, 2.05) is 31.2 Å². The van der Waals surface area contributed by atoms with Crippen LogP contribution in [0.2, 0.25) is 0 Å². The van der Waals surface area contributed by atoms with Gasteiger partial charge >= 0.3 is 11.7 Å². The predicted molar refractivity (Wildman–Crippen MR) is 123 cm³/mol. The fourth-order valence-corrected chi connectivity index (χ4v) is 3.95. The fraction of sp³-hybridized carbons (Fsp3) is 0.348. The van der Waals surface area contributed by atoms with Gasteiger partial charge in [-0.25, -0.2) is 14.6 Å². The molecule has 1 fully saturated rings. The minimum absolute atomic E-state index is 0.166. The molecule has 168 valence electrons. The van der Waals surface area contributed by atoms with Gasteiger partial charge in [0.05, 0.1) is 23.6 Å². The number of ether oxygens (including phenoxy) is 1. The molecule has 0 bridgehead atoms. The number of carbonyl (C=O) groups excluding carboxylic acids is 1. The Bertz CT molecular complexity index is 1130. The van der Waals surface area contributed by atoms with Crippen LogP contribution in [-0.4, -0.2) is 45.9 Å². The van der Waals surface area contributed by atoms with Crippen LogP contribution in [0.15, 0.2) is 53.6 Å². The molecule has 1 aromatic carbocycles. The van der Waals surface area contributed by atoms with E-state index in [4.69, 9.17) is 4.74 Å². The van der Waals surface area contributed by atoms with Gasteiger partial charge in [0.25, 0.3) is 0 Å². The Morgan fingerprint density at radius 1 is 1.19 bits per heavy atom. The van der Waals surface area contributed by atoms with Gasteiger partial charge in [0.1, 0.15) is 5.82 Å². The van der Waals surface area contributed by atoms with Crippen LogP contribution < -0.4 is 21.2 Å². The molecule has 2 atom stereocenters. The zero-order valence-corrected chi connectivity index (χ0v) is 18.5. The Balaban J connectivity index is 1.38. The van der Waals surface area contributed by atoms with Crippen molar-refractivity contribution in [1.29, 1.82) is 0 Å². The second-order valence-corrected chi connectivity index (χ2v) is 8.08. The monoisotopic (exact) mass is 436 g/mol. The molecule has 2 unspecified atom stereocenters. The molecule has 9 heteroatoms. The number of nitrogens with zero attached hydrogens (tertiary/aromatic N) is 3. The van der Waals surface area contributed by atoms with Gasteiger partial charge in [-0.2, -0.15) is 0 Å². The molecule has 3 aromatic rings. The van der Waals surface area contributed by atoms with Crippen molar-refractivity contribution in [3.63, 3.8) is 0 Å². The first-order chi connectivity index (χ1) is 15.4. The summed E-state index contributed by atoms with van der Waals surface area (Å²) in [7, 11) is 0. The average molecular weight is 437 g/mol. The van der Waals surface area contributed by atoms with Crippen LogP contribution in [0.25, 0.3) is 5.69 Å². The van der Waals surface area contributed by atoms with E-state index in [-0.39, 0.29) is 23.9 Å². The molecule has 0 radical (unpaired) electrons. The van der Waals surface area contributed by atoms with Gasteiger partial charge in [-0.15, -0.1) is 0 Å². The lowest BCUT2D eigenvalue weighted by atomic mass is 10.2. The van der Waals surface area contributed by atoms with Crippen LogP contribution in [0.4, 0.5) is 16.3 Å². The molecule has 3 heterocycles. The topological polar surface area (TPSA) is 104 Å². The van der Waals surface area contributed by atoms with Gasteiger partial charge in [0.2, 0.25) is 0 Å². The number of amides is 2. The minimum Gasteiger partial charge on any atom is -0.372 e. The highest BCUT2D eigenvalue weighted by molar-refractivity contribution is 5.91. The van der Waals surface area contributed by atoms with E-state index in [2.05, 4.69) is 39.3 Å². The maximum Gasteiger partial charge on any atom is 0.330 e. The van der Waals surface area contributed by atoms with Gasteiger partial charge in [-0.05, 0) is 44.5 Å². The summed E-state index contributed by atoms with van der Waals surface area (Å²) in [6, 6.07) is 10.7. The van der Waals surface area contributed by atoms with Gasteiger partial charge < -0.3 is 25.3 Å². The molecule has 9 nitrogen and oxygen atoms in total. The quantitative estimate of drug-likeness (QED) is 0.571. The lowest BCUT2D eigenvalue weighted by Gasteiger charge is -2.36. The number of aromatic nitrogens is 3. The van der Waals surface area contributed by atoms with E-state index < -0.39 is 0 Å². The summed E-state index contributed by atoms with van der Waals surface area (Å²) < 4.78 is 7.30. The van der Waals surface area contributed by atoms with Crippen LogP contribution in [0.3, 0.4) is 0 Å². The van der Waals surface area contributed by atoms with Crippen molar-refractivity contribution in [3.05, 3.63) is 70.5 Å². The van der Waals surface area contributed by atoms with E-state index in [1.165, 1.54) is 4.57 Å². The van der Waals surface area contributed by atoms with Gasteiger partial charge in [-0.1, -0.05) is 18.2 Å². The molecule has 1 aliphatic rings. The number of hydrogen-bond donors (Lipinski definition) is 3. The number of pyridine rings is 1. The first-order valence-electron chi connectivity index (χ1n) is 10.7. The maximum atomic E-state index is 12.5. The Morgan fingerprint density at radius 2 is 1.94 bits per heavy atom. The number of benzene rings is 1. The molecule has 2 aromatic heterocycles. The second kappa shape index (κ2) is 9.27. The first-order valence-corrected chi connectivity index (χ1v) is 10.7. The number of nitrogens with one attached hydrogen (secondary N) is 3. The number of carbonyl (C=O) groups is 1. The molecule has 2 amide bonds. The number of rotatable bonds is 5. The summed E-state index contributed by atoms with van der Waals surface area (Å²) in [5.74, 6) is 0.904. The van der Waals surface area contributed by atoms with Gasteiger partial charge in [0, 0.05) is 37.7 Å². The van der Waals surface area contributed by atoms with Gasteiger partial charge in [0.15, 0.2) is 0 Å². The van der Waals surface area contributed by atoms with Crippen molar-refractivity contribution < 1.29 is 9.53 Å². The van der Waals surface area contributed by atoms with Crippen molar-refractivity contribution in [1.82, 2.24) is 19.9 Å². The molecule has 4 rings (SSSR count). The number of H-pyrrole nitrogens is 1. The maximum absolute atomic E-state index is 12.5. The van der Waals surface area contributed by atoms with E-state index in [9.17, 15) is 9.59 Å². The molecule has 1 aliphatic heterocycles. The highest BCUT2D eigenvalue weighted by atomic mass is 16.5. The number of urea groups is 1. The lowest BCUT2D eigenvalue weighted by molar-refractivity contribution is -0.00546. The number of morpholine rings is 1. The highest BCUT2D eigenvalue weighted by Gasteiger charge is 2.23. The van der Waals surface area contributed by atoms with Crippen molar-refractivity contribution >= 4 is 17.5 Å². The highest BCUT2D eigenvalue weighted by Crippen LogP contribution is 2.20. The fourth-order valence-electron chi connectivity index (χ4n) is 3.95. The number of para-hydroxylation sites is 2. The van der Waals surface area contributed by atoms with Crippen LogP contribution in [0.5, 0.6) is 0 Å². The Kier molecular flexibility index (Phi) is 6.27. The largest absolute Gasteiger partial charge is 0.372 e. The van der Waals surface area contributed by atoms with E-state index >= 15 is 0 Å². The molecular weight excluding hydrogens is 408 g/mol. The van der Waals surface area contributed by atoms with Crippen molar-refractivity contribution in [2.45, 2.75) is 39.5 Å². The number of anilines is 2. The average Bonchev–Trinajstić information content (AvgIpc) is 3.10. The number of aryl methyl sites for hydroxylation is 1. The molecule has 3 N–H and O–H groups in total. The van der Waals surface area contributed by atoms with Crippen LogP contribution in [0, 0.1) is 6.92 Å². The number of aromatic amines is 1. The summed E-state index contributed by atoms with van der Waals surface area (Å²) in [5, 5.41) is 5.67. The van der Waals surface area contributed by atoms with Crippen molar-refractivity contribution in [2.75, 3.05) is 23.3 Å². The zero-order valence-electron chi connectivity index (χ0n) is 18.5. The smallest absolute Gasteiger partial charge is 0.330 e. The third kappa shape index (κ3) is 4.83. The molecule has 32 heavy (non-hydrogen) atoms. The normalized spacial score (nSPS) is 18.4. The van der Waals surface area contributed by atoms with E-state index in [1.54, 1.807) is 24.5 Å². The van der Waals surface area contributed by atoms with Crippen LogP contribution in [0.1, 0.15) is 25.1 Å². The molecular formula is C23H28N6O3. The zero-order chi connectivity index (χ0) is 22.7. The van der Waals surface area contributed by atoms with E-state index in [0.29, 0.717) is 17.9 Å². The Hall–Kier alpha value is -3.59. The van der Waals surface area contributed by atoms with Crippen molar-refractivity contribution in [3.8, 4) is 5.69 Å². The van der Waals surface area contributed by atoms with Crippen LogP contribution >= 0.6 is 0 Å². The first kappa shape index (κ1) is 21.6. The summed E-state index contributed by atoms with van der Waals surface area (Å²) in [4.78, 5) is 34.1. The third-order valence-electron chi connectivity index (χ3n) is 5.36. The predicted octanol–water partition coefficient (Wildman–Crippen LogP) is 2.80. The van der Waals surface area contributed by atoms with Gasteiger partial charge in [-0.3, -0.25) is 4.57 Å². The second-order valence-electron chi connectivity index (χ2n) is 8.08. The third-order valence-corrected chi connectivity index (χ3v) is 5.36. The molecule has 0 saturated carbocycles. The number of hydrogen-bond acceptors (Lipinski definition) is 5. The van der Waals surface area contributed by atoms with E-state index in [0.717, 1.165) is 30.2 Å². The minimum atomic E-state index is -0.362. The summed E-state index contributed by atoms with van der Waals surface area (Å²) in [5.41, 5.74) is 2.53. The molecule has 1 saturated heterocycles. The lowest BCUT2D eigenvalue weighted by Crippen LogP contribution is -2.45. The molecule has 0 spiro atoms. The Morgan fingerprint density at radius 3 is 2.59 bits per heavy atom.